The van der Waals surface area contributed by atoms with Gasteiger partial charge in [-0.2, -0.15) is 5.10 Å². The SMILES string of the molecule is Cc1ccc(-n2nc(C(C)(C)C)cc2CC(=O)Cc2ncc(CCc3ccnc(N)c3)s2)cc1. The summed E-state index contributed by atoms with van der Waals surface area (Å²) >= 11 is 1.61. The third-order valence-electron chi connectivity index (χ3n) is 5.66. The Morgan fingerprint density at radius 2 is 1.79 bits per heavy atom. The molecule has 4 aromatic rings. The fourth-order valence-electron chi connectivity index (χ4n) is 3.72. The molecule has 0 aliphatic carbocycles. The summed E-state index contributed by atoms with van der Waals surface area (Å²) in [6.07, 6.45) is 6.00. The molecule has 34 heavy (non-hydrogen) atoms. The van der Waals surface area contributed by atoms with Crippen molar-refractivity contribution in [2.75, 3.05) is 5.73 Å². The first-order valence-electron chi connectivity index (χ1n) is 11.5. The number of ketones is 1. The molecule has 0 radical (unpaired) electrons. The zero-order valence-corrected chi connectivity index (χ0v) is 21.0. The summed E-state index contributed by atoms with van der Waals surface area (Å²) in [6.45, 7) is 8.47. The van der Waals surface area contributed by atoms with Crippen LogP contribution in [-0.2, 0) is 35.9 Å². The number of pyridine rings is 1. The van der Waals surface area contributed by atoms with Gasteiger partial charge < -0.3 is 5.73 Å². The number of nitrogens with zero attached hydrogens (tertiary/aromatic N) is 4. The van der Waals surface area contributed by atoms with Crippen LogP contribution in [0.2, 0.25) is 0 Å². The first kappa shape index (κ1) is 23.8. The summed E-state index contributed by atoms with van der Waals surface area (Å²) in [5.74, 6) is 0.670. The topological polar surface area (TPSA) is 86.7 Å². The minimum atomic E-state index is -0.0998. The first-order chi connectivity index (χ1) is 16.2. The van der Waals surface area contributed by atoms with Crippen molar-refractivity contribution in [3.05, 3.63) is 87.3 Å². The van der Waals surface area contributed by atoms with Crippen molar-refractivity contribution in [1.82, 2.24) is 19.7 Å². The lowest BCUT2D eigenvalue weighted by Crippen LogP contribution is -2.13. The maximum absolute atomic E-state index is 13.0. The first-order valence-corrected chi connectivity index (χ1v) is 12.3. The van der Waals surface area contributed by atoms with Gasteiger partial charge in [-0.1, -0.05) is 38.5 Å². The van der Waals surface area contributed by atoms with Gasteiger partial charge in [-0.05, 0) is 55.7 Å². The molecule has 0 amide bonds. The average molecular weight is 474 g/mol. The van der Waals surface area contributed by atoms with Crippen LogP contribution < -0.4 is 5.73 Å². The Bertz CT molecular complexity index is 1280. The van der Waals surface area contributed by atoms with Crippen molar-refractivity contribution in [3.63, 3.8) is 0 Å². The van der Waals surface area contributed by atoms with Crippen LogP contribution in [0.3, 0.4) is 0 Å². The molecule has 0 unspecified atom stereocenters. The maximum atomic E-state index is 13.0. The Balaban J connectivity index is 1.44. The summed E-state index contributed by atoms with van der Waals surface area (Å²) in [4.78, 5) is 22.7. The molecule has 3 heterocycles. The second-order valence-electron chi connectivity index (χ2n) is 9.72. The van der Waals surface area contributed by atoms with Crippen molar-refractivity contribution >= 4 is 22.9 Å². The Hall–Kier alpha value is -3.32. The molecule has 0 aliphatic heterocycles. The molecule has 6 nitrogen and oxygen atoms in total. The Labute approximate surface area is 204 Å². The summed E-state index contributed by atoms with van der Waals surface area (Å²) in [5, 5.41) is 5.70. The summed E-state index contributed by atoms with van der Waals surface area (Å²) in [7, 11) is 0. The van der Waals surface area contributed by atoms with Crippen molar-refractivity contribution in [3.8, 4) is 5.69 Å². The highest BCUT2D eigenvalue weighted by Crippen LogP contribution is 2.25. The van der Waals surface area contributed by atoms with E-state index in [1.54, 1.807) is 17.5 Å². The lowest BCUT2D eigenvalue weighted by Gasteiger charge is -2.14. The third-order valence-corrected chi connectivity index (χ3v) is 6.72. The van der Waals surface area contributed by atoms with E-state index >= 15 is 0 Å². The lowest BCUT2D eigenvalue weighted by molar-refractivity contribution is -0.117. The average Bonchev–Trinajstić information content (AvgIpc) is 3.40. The second-order valence-corrected chi connectivity index (χ2v) is 10.9. The monoisotopic (exact) mass is 473 g/mol. The molecule has 0 spiro atoms. The van der Waals surface area contributed by atoms with E-state index in [-0.39, 0.29) is 11.2 Å². The lowest BCUT2D eigenvalue weighted by atomic mass is 9.92. The number of aryl methyl sites for hydroxylation is 3. The van der Waals surface area contributed by atoms with Crippen LogP contribution in [0.4, 0.5) is 5.82 Å². The van der Waals surface area contributed by atoms with E-state index in [0.717, 1.165) is 45.4 Å². The zero-order valence-electron chi connectivity index (χ0n) is 20.2. The Morgan fingerprint density at radius 1 is 1.03 bits per heavy atom. The number of benzene rings is 1. The van der Waals surface area contributed by atoms with Gasteiger partial charge in [-0.3, -0.25) is 4.79 Å². The molecule has 0 fully saturated rings. The number of hydrogen-bond acceptors (Lipinski definition) is 6. The molecule has 0 saturated carbocycles. The molecule has 2 N–H and O–H groups in total. The van der Waals surface area contributed by atoms with E-state index < -0.39 is 0 Å². The number of hydrogen-bond donors (Lipinski definition) is 1. The molecule has 7 heteroatoms. The van der Waals surface area contributed by atoms with Crippen molar-refractivity contribution in [2.24, 2.45) is 0 Å². The molecule has 0 bridgehead atoms. The predicted molar refractivity (Wildman–Crippen MR) is 138 cm³/mol. The van der Waals surface area contributed by atoms with Crippen LogP contribution >= 0.6 is 11.3 Å². The third kappa shape index (κ3) is 5.97. The van der Waals surface area contributed by atoms with Gasteiger partial charge in [-0.25, -0.2) is 14.6 Å². The van der Waals surface area contributed by atoms with Crippen LogP contribution in [-0.4, -0.2) is 25.5 Å². The molecule has 1 aromatic carbocycles. The molecule has 4 rings (SSSR count). The van der Waals surface area contributed by atoms with Crippen molar-refractivity contribution in [2.45, 2.75) is 58.8 Å². The number of carbonyl (C=O) groups is 1. The van der Waals surface area contributed by atoms with Gasteiger partial charge in [0, 0.05) is 29.1 Å². The minimum absolute atomic E-state index is 0.0998. The largest absolute Gasteiger partial charge is 0.384 e. The fraction of sp³-hybridized carbons (Fsp3) is 0.333. The number of nitrogens with two attached hydrogens (primary N) is 1. The van der Waals surface area contributed by atoms with E-state index in [1.165, 1.54) is 5.56 Å². The zero-order chi connectivity index (χ0) is 24.3. The minimum Gasteiger partial charge on any atom is -0.384 e. The van der Waals surface area contributed by atoms with Gasteiger partial charge in [0.25, 0.3) is 0 Å². The molecular formula is C27H31N5OS. The van der Waals surface area contributed by atoms with E-state index in [9.17, 15) is 4.79 Å². The quantitative estimate of drug-likeness (QED) is 0.387. The highest BCUT2D eigenvalue weighted by molar-refractivity contribution is 7.11. The Morgan fingerprint density at radius 3 is 2.50 bits per heavy atom. The standard InChI is InChI=1S/C27H31N5OS/c1-18-5-8-20(9-6-18)32-21(15-24(31-32)27(2,3)4)14-22(33)16-26-30-17-23(34-26)10-7-19-11-12-29-25(28)13-19/h5-6,8-9,11-13,15,17H,7,10,14,16H2,1-4H3,(H2,28,29). The van der Waals surface area contributed by atoms with Gasteiger partial charge in [0.15, 0.2) is 0 Å². The smallest absolute Gasteiger partial charge is 0.145 e. The predicted octanol–water partition coefficient (Wildman–Crippen LogP) is 5.05. The van der Waals surface area contributed by atoms with Crippen LogP contribution in [0, 0.1) is 6.92 Å². The number of carbonyl (C=O) groups excluding carboxylic acids is 1. The van der Waals surface area contributed by atoms with Gasteiger partial charge in [0.1, 0.15) is 16.6 Å². The summed E-state index contributed by atoms with van der Waals surface area (Å²) < 4.78 is 1.91. The van der Waals surface area contributed by atoms with Crippen molar-refractivity contribution in [1.29, 1.82) is 0 Å². The summed E-state index contributed by atoms with van der Waals surface area (Å²) in [5.41, 5.74) is 10.9. The highest BCUT2D eigenvalue weighted by atomic mass is 32.1. The molecule has 0 aliphatic rings. The van der Waals surface area contributed by atoms with Crippen LogP contribution in [0.5, 0.6) is 0 Å². The number of rotatable bonds is 8. The van der Waals surface area contributed by atoms with Gasteiger partial charge in [-0.15, -0.1) is 11.3 Å². The van der Waals surface area contributed by atoms with E-state index in [1.807, 2.05) is 35.1 Å². The number of aromatic nitrogens is 4. The van der Waals surface area contributed by atoms with Crippen LogP contribution in [0.1, 0.15) is 53.2 Å². The number of anilines is 1. The van der Waals surface area contributed by atoms with Crippen LogP contribution in [0.15, 0.2) is 54.9 Å². The normalized spacial score (nSPS) is 11.6. The van der Waals surface area contributed by atoms with Gasteiger partial charge in [0.2, 0.25) is 0 Å². The van der Waals surface area contributed by atoms with Crippen molar-refractivity contribution < 1.29 is 4.79 Å². The van der Waals surface area contributed by atoms with E-state index in [4.69, 9.17) is 10.8 Å². The maximum Gasteiger partial charge on any atom is 0.145 e. The number of thiazole rings is 1. The number of Topliss-reactive ketones (excluding diaryl/α,β-unsaturated/α-hetero) is 1. The fourth-order valence-corrected chi connectivity index (χ4v) is 4.67. The highest BCUT2D eigenvalue weighted by Gasteiger charge is 2.22. The molecule has 176 valence electrons. The van der Waals surface area contributed by atoms with Gasteiger partial charge in [0.05, 0.1) is 23.5 Å². The van der Waals surface area contributed by atoms with E-state index in [0.29, 0.717) is 18.7 Å². The molecular weight excluding hydrogens is 442 g/mol. The Kier molecular flexibility index (Phi) is 6.93. The summed E-state index contributed by atoms with van der Waals surface area (Å²) in [6, 6.07) is 14.2. The molecule has 0 saturated heterocycles. The molecule has 3 aromatic heterocycles. The number of nitrogen functional groups attached to an aromatic ring is 1. The van der Waals surface area contributed by atoms with E-state index in [2.05, 4.69) is 55.9 Å². The van der Waals surface area contributed by atoms with Gasteiger partial charge >= 0.3 is 0 Å². The van der Waals surface area contributed by atoms with Crippen LogP contribution in [0.25, 0.3) is 5.69 Å². The molecule has 0 atom stereocenters. The second kappa shape index (κ2) is 9.89.